The highest BCUT2D eigenvalue weighted by molar-refractivity contribution is 6.05. The average Bonchev–Trinajstić information content (AvgIpc) is 2.89. The number of amides is 3. The first-order chi connectivity index (χ1) is 17.4. The van der Waals surface area contributed by atoms with E-state index < -0.39 is 24.0 Å². The Morgan fingerprint density at radius 2 is 1.84 bits per heavy atom. The van der Waals surface area contributed by atoms with E-state index in [1.165, 1.54) is 4.90 Å². The number of nitrogens with one attached hydrogen (secondary N) is 1. The maximum absolute atomic E-state index is 13.2. The van der Waals surface area contributed by atoms with Crippen molar-refractivity contribution in [3.63, 3.8) is 0 Å². The minimum absolute atomic E-state index is 0. The fraction of sp³-hybridized carbons (Fsp3) is 0.280. The van der Waals surface area contributed by atoms with Crippen LogP contribution in [0, 0.1) is 0 Å². The van der Waals surface area contributed by atoms with Crippen molar-refractivity contribution < 1.29 is 29.0 Å². The number of benzene rings is 2. The largest absolute Gasteiger partial charge is 0.383 e. The van der Waals surface area contributed by atoms with E-state index in [4.69, 9.17) is 15.2 Å². The van der Waals surface area contributed by atoms with Crippen molar-refractivity contribution in [3.05, 3.63) is 54.7 Å². The number of aliphatic hydroxyl groups is 1. The molecule has 1 aromatic heterocycles. The summed E-state index contributed by atoms with van der Waals surface area (Å²) in [5, 5.41) is 14.8. The molecule has 3 heterocycles. The molecule has 3 amide bonds. The van der Waals surface area contributed by atoms with E-state index in [0.717, 1.165) is 10.8 Å². The van der Waals surface area contributed by atoms with Gasteiger partial charge in [0.2, 0.25) is 0 Å². The van der Waals surface area contributed by atoms with E-state index in [1.807, 2.05) is 0 Å². The van der Waals surface area contributed by atoms with Crippen LogP contribution in [0.15, 0.2) is 54.7 Å². The number of nitrogen functional groups attached to an aromatic ring is 1. The van der Waals surface area contributed by atoms with Crippen LogP contribution < -0.4 is 20.9 Å². The quantitative estimate of drug-likeness (QED) is 0.450. The molecule has 2 aromatic carbocycles. The first-order valence-electron chi connectivity index (χ1n) is 11.5. The van der Waals surface area contributed by atoms with Crippen LogP contribution in [0.25, 0.3) is 10.8 Å². The van der Waals surface area contributed by atoms with Crippen molar-refractivity contribution in [2.75, 3.05) is 53.8 Å². The summed E-state index contributed by atoms with van der Waals surface area (Å²) in [5.41, 5.74) is 7.48. The Morgan fingerprint density at radius 3 is 2.62 bits per heavy atom. The first-order valence-corrected chi connectivity index (χ1v) is 11.5. The van der Waals surface area contributed by atoms with Gasteiger partial charge in [-0.05, 0) is 47.9 Å². The molecule has 2 aliphatic rings. The van der Waals surface area contributed by atoms with Gasteiger partial charge in [0.1, 0.15) is 12.4 Å². The van der Waals surface area contributed by atoms with Gasteiger partial charge in [-0.2, -0.15) is 0 Å². The second-order valence-electron chi connectivity index (χ2n) is 8.47. The Kier molecular flexibility index (Phi) is 7.89. The van der Waals surface area contributed by atoms with E-state index >= 15 is 0 Å². The standard InChI is InChI=1S/C25H25N5O6.ClH/c26-23-19-5-4-16(12-15(19)6-7-27-23)28-24(33)21(32)22-25(34)30(9-11-36-22)18-3-1-2-17(13-18)29-8-10-35-14-20(29)31;/h1-7,12-13,21-22,32H,8-11,14H2,(H2,26,27)(H,28,33);1H. The zero-order chi connectivity index (χ0) is 25.2. The van der Waals surface area contributed by atoms with Crippen LogP contribution in [0.4, 0.5) is 22.9 Å². The number of pyridine rings is 1. The molecule has 4 N–H and O–H groups in total. The van der Waals surface area contributed by atoms with Crippen molar-refractivity contribution >= 4 is 63.8 Å². The van der Waals surface area contributed by atoms with Gasteiger partial charge in [0.05, 0.1) is 13.2 Å². The third-order valence-corrected chi connectivity index (χ3v) is 6.18. The maximum atomic E-state index is 13.2. The lowest BCUT2D eigenvalue weighted by atomic mass is 10.1. The minimum Gasteiger partial charge on any atom is -0.383 e. The molecule has 0 radical (unpaired) electrons. The van der Waals surface area contributed by atoms with E-state index in [1.54, 1.807) is 59.6 Å². The summed E-state index contributed by atoms with van der Waals surface area (Å²) >= 11 is 0. The number of hydrogen-bond acceptors (Lipinski definition) is 8. The zero-order valence-corrected chi connectivity index (χ0v) is 20.5. The second kappa shape index (κ2) is 11.1. The summed E-state index contributed by atoms with van der Waals surface area (Å²) in [5.74, 6) is -1.12. The number of aliphatic hydroxyl groups excluding tert-OH is 1. The summed E-state index contributed by atoms with van der Waals surface area (Å²) in [6, 6.07) is 13.8. The molecule has 12 heteroatoms. The Morgan fingerprint density at radius 1 is 1.08 bits per heavy atom. The number of ether oxygens (including phenoxy) is 2. The number of nitrogens with two attached hydrogens (primary N) is 1. The van der Waals surface area contributed by atoms with Gasteiger partial charge in [-0.1, -0.05) is 6.07 Å². The van der Waals surface area contributed by atoms with Crippen LogP contribution in [0.5, 0.6) is 0 Å². The van der Waals surface area contributed by atoms with Crippen molar-refractivity contribution in [1.82, 2.24) is 4.98 Å². The molecule has 0 bridgehead atoms. The summed E-state index contributed by atoms with van der Waals surface area (Å²) in [4.78, 5) is 45.3. The molecule has 2 atom stereocenters. The number of aromatic nitrogens is 1. The van der Waals surface area contributed by atoms with Crippen LogP contribution in [-0.2, 0) is 23.9 Å². The maximum Gasteiger partial charge on any atom is 0.259 e. The lowest BCUT2D eigenvalue weighted by Crippen LogP contribution is -2.55. The highest BCUT2D eigenvalue weighted by atomic mass is 35.5. The minimum atomic E-state index is -1.73. The number of nitrogens with zero attached hydrogens (tertiary/aromatic N) is 3. The van der Waals surface area contributed by atoms with Gasteiger partial charge < -0.3 is 35.4 Å². The highest BCUT2D eigenvalue weighted by Gasteiger charge is 2.39. The monoisotopic (exact) mass is 527 g/mol. The van der Waals surface area contributed by atoms with E-state index in [9.17, 15) is 19.5 Å². The normalized spacial score (nSPS) is 18.9. The van der Waals surface area contributed by atoms with Crippen LogP contribution in [0.1, 0.15) is 0 Å². The lowest BCUT2D eigenvalue weighted by Gasteiger charge is -2.35. The SMILES string of the molecule is Cl.Nc1nccc2cc(NC(=O)C(O)C3OCCN(c4cccc(N5CCOCC5=O)c4)C3=O)ccc12. The van der Waals surface area contributed by atoms with Gasteiger partial charge in [0.15, 0.2) is 12.2 Å². The van der Waals surface area contributed by atoms with Gasteiger partial charge in [0, 0.05) is 41.7 Å². The first kappa shape index (κ1) is 26.3. The van der Waals surface area contributed by atoms with Crippen LogP contribution in [0.2, 0.25) is 0 Å². The van der Waals surface area contributed by atoms with Crippen LogP contribution in [0.3, 0.4) is 0 Å². The van der Waals surface area contributed by atoms with E-state index in [2.05, 4.69) is 10.3 Å². The Labute approximate surface area is 218 Å². The molecule has 11 nitrogen and oxygen atoms in total. The molecule has 0 spiro atoms. The molecule has 5 rings (SSSR count). The number of carbonyl (C=O) groups is 3. The van der Waals surface area contributed by atoms with E-state index in [0.29, 0.717) is 36.0 Å². The van der Waals surface area contributed by atoms with Gasteiger partial charge in [-0.15, -0.1) is 12.4 Å². The predicted octanol–water partition coefficient (Wildman–Crippen LogP) is 1.33. The summed E-state index contributed by atoms with van der Waals surface area (Å²) in [6.45, 7) is 1.22. The summed E-state index contributed by atoms with van der Waals surface area (Å²) < 4.78 is 10.7. The van der Waals surface area contributed by atoms with Gasteiger partial charge in [-0.3, -0.25) is 14.4 Å². The molecule has 194 valence electrons. The fourth-order valence-electron chi connectivity index (χ4n) is 4.34. The second-order valence-corrected chi connectivity index (χ2v) is 8.47. The molecular weight excluding hydrogens is 502 g/mol. The molecular formula is C25H26ClN5O6. The van der Waals surface area contributed by atoms with Gasteiger partial charge in [0.25, 0.3) is 17.7 Å². The number of hydrogen-bond donors (Lipinski definition) is 3. The Bertz CT molecular complexity index is 1340. The zero-order valence-electron chi connectivity index (χ0n) is 19.7. The third kappa shape index (κ3) is 5.35. The van der Waals surface area contributed by atoms with Gasteiger partial charge in [-0.25, -0.2) is 4.98 Å². The average molecular weight is 528 g/mol. The molecule has 2 fully saturated rings. The van der Waals surface area contributed by atoms with Crippen molar-refractivity contribution in [2.24, 2.45) is 0 Å². The number of halogens is 1. The topological polar surface area (TPSA) is 147 Å². The molecule has 3 aromatic rings. The molecule has 2 unspecified atom stereocenters. The third-order valence-electron chi connectivity index (χ3n) is 6.18. The van der Waals surface area contributed by atoms with Crippen LogP contribution >= 0.6 is 12.4 Å². The predicted molar refractivity (Wildman–Crippen MR) is 140 cm³/mol. The van der Waals surface area contributed by atoms with Gasteiger partial charge >= 0.3 is 0 Å². The number of morpholine rings is 2. The number of carbonyl (C=O) groups excluding carboxylic acids is 3. The lowest BCUT2D eigenvalue weighted by molar-refractivity contribution is -0.150. The van der Waals surface area contributed by atoms with Crippen molar-refractivity contribution in [1.29, 1.82) is 0 Å². The molecule has 0 saturated carbocycles. The van der Waals surface area contributed by atoms with Crippen LogP contribution in [-0.4, -0.2) is 72.9 Å². The highest BCUT2D eigenvalue weighted by Crippen LogP contribution is 2.27. The molecule has 0 aliphatic carbocycles. The van der Waals surface area contributed by atoms with E-state index in [-0.39, 0.29) is 38.1 Å². The molecule has 2 aliphatic heterocycles. The molecule has 37 heavy (non-hydrogen) atoms. The Balaban J connectivity index is 0.00000320. The summed E-state index contributed by atoms with van der Waals surface area (Å²) in [6.07, 6.45) is -1.55. The smallest absolute Gasteiger partial charge is 0.259 e. The number of fused-ring (bicyclic) bond motifs is 1. The van der Waals surface area contributed by atoms with Crippen molar-refractivity contribution in [2.45, 2.75) is 12.2 Å². The molecule has 2 saturated heterocycles. The Hall–Kier alpha value is -3.77. The number of rotatable bonds is 5. The summed E-state index contributed by atoms with van der Waals surface area (Å²) in [7, 11) is 0. The fourth-order valence-corrected chi connectivity index (χ4v) is 4.34. The van der Waals surface area contributed by atoms with Crippen molar-refractivity contribution in [3.8, 4) is 0 Å². The number of anilines is 4.